The molecule has 2 rings (SSSR count). The van der Waals surface area contributed by atoms with Gasteiger partial charge in [-0.3, -0.25) is 4.98 Å². The van der Waals surface area contributed by atoms with Crippen molar-refractivity contribution in [3.63, 3.8) is 0 Å². The van der Waals surface area contributed by atoms with E-state index in [4.69, 9.17) is 5.26 Å². The van der Waals surface area contributed by atoms with Crippen molar-refractivity contribution < 1.29 is 8.78 Å². The Balaban J connectivity index is 3.01. The summed E-state index contributed by atoms with van der Waals surface area (Å²) in [6, 6.07) is 3.78. The topological polar surface area (TPSA) is 36.7 Å². The van der Waals surface area contributed by atoms with Gasteiger partial charge in [0.05, 0.1) is 5.56 Å². The van der Waals surface area contributed by atoms with Crippen molar-refractivity contribution in [3.8, 4) is 6.07 Å². The highest BCUT2D eigenvalue weighted by Gasteiger charge is 2.09. The summed E-state index contributed by atoms with van der Waals surface area (Å²) in [6.07, 6.45) is 2.42. The van der Waals surface area contributed by atoms with Gasteiger partial charge in [-0.25, -0.2) is 8.78 Å². The zero-order valence-electron chi connectivity index (χ0n) is 6.96. The molecule has 1 aromatic heterocycles. The molecule has 14 heavy (non-hydrogen) atoms. The van der Waals surface area contributed by atoms with E-state index in [9.17, 15) is 8.78 Å². The smallest absolute Gasteiger partial charge is 0.132 e. The number of pyridine rings is 1. The van der Waals surface area contributed by atoms with Gasteiger partial charge in [-0.05, 0) is 12.1 Å². The van der Waals surface area contributed by atoms with Crippen LogP contribution in [-0.2, 0) is 0 Å². The first-order valence-corrected chi connectivity index (χ1v) is 3.86. The Labute approximate surface area is 78.4 Å². The fourth-order valence-electron chi connectivity index (χ4n) is 1.30. The predicted molar refractivity (Wildman–Crippen MR) is 46.4 cm³/mol. The van der Waals surface area contributed by atoms with Crippen LogP contribution in [0.5, 0.6) is 0 Å². The molecule has 0 atom stereocenters. The van der Waals surface area contributed by atoms with Crippen LogP contribution >= 0.6 is 0 Å². The molecule has 1 heterocycles. The number of benzene rings is 1. The van der Waals surface area contributed by atoms with E-state index >= 15 is 0 Å². The molecule has 0 saturated carbocycles. The molecule has 0 saturated heterocycles. The van der Waals surface area contributed by atoms with Crippen LogP contribution in [0, 0.1) is 23.0 Å². The number of fused-ring (bicyclic) bond motifs is 1. The van der Waals surface area contributed by atoms with Crippen molar-refractivity contribution in [2.24, 2.45) is 0 Å². The van der Waals surface area contributed by atoms with Gasteiger partial charge in [0.25, 0.3) is 0 Å². The van der Waals surface area contributed by atoms with Gasteiger partial charge in [0, 0.05) is 23.2 Å². The molecule has 0 aliphatic rings. The van der Waals surface area contributed by atoms with Crippen molar-refractivity contribution >= 4 is 10.8 Å². The van der Waals surface area contributed by atoms with E-state index in [-0.39, 0.29) is 16.3 Å². The molecule has 2 nitrogen and oxygen atoms in total. The second-order valence-corrected chi connectivity index (χ2v) is 2.75. The zero-order valence-corrected chi connectivity index (χ0v) is 6.96. The average Bonchev–Trinajstić information content (AvgIpc) is 2.23. The maximum absolute atomic E-state index is 13.3. The fraction of sp³-hybridized carbons (Fsp3) is 0. The Kier molecular flexibility index (Phi) is 1.86. The highest BCUT2D eigenvalue weighted by atomic mass is 19.1. The number of hydrogen-bond acceptors (Lipinski definition) is 2. The molecule has 0 N–H and O–H groups in total. The van der Waals surface area contributed by atoms with Gasteiger partial charge >= 0.3 is 0 Å². The summed E-state index contributed by atoms with van der Waals surface area (Å²) >= 11 is 0. The molecular formula is C10H4F2N2. The standard InChI is InChI=1S/C10H4F2N2/c11-8-1-2-9(12)10-6(3-13)4-14-5-7(8)10/h1-2,4-5H. The molecule has 0 fully saturated rings. The van der Waals surface area contributed by atoms with Gasteiger partial charge in [0.1, 0.15) is 17.7 Å². The van der Waals surface area contributed by atoms with E-state index in [2.05, 4.69) is 4.98 Å². The van der Waals surface area contributed by atoms with Gasteiger partial charge in [0.15, 0.2) is 0 Å². The van der Waals surface area contributed by atoms with Crippen LogP contribution in [0.15, 0.2) is 24.5 Å². The van der Waals surface area contributed by atoms with Gasteiger partial charge in [-0.15, -0.1) is 0 Å². The maximum Gasteiger partial charge on any atom is 0.132 e. The molecule has 68 valence electrons. The lowest BCUT2D eigenvalue weighted by Gasteiger charge is -2.01. The third-order valence-corrected chi connectivity index (χ3v) is 1.94. The van der Waals surface area contributed by atoms with E-state index in [1.807, 2.05) is 0 Å². The molecule has 0 amide bonds. The maximum atomic E-state index is 13.3. The molecule has 0 aliphatic heterocycles. The second kappa shape index (κ2) is 3.04. The molecule has 2 aromatic rings. The summed E-state index contributed by atoms with van der Waals surface area (Å²) in [7, 11) is 0. The third kappa shape index (κ3) is 1.11. The van der Waals surface area contributed by atoms with Gasteiger partial charge < -0.3 is 0 Å². The summed E-state index contributed by atoms with van der Waals surface area (Å²) in [5, 5.41) is 8.69. The van der Waals surface area contributed by atoms with Crippen LogP contribution in [0.3, 0.4) is 0 Å². The van der Waals surface area contributed by atoms with Crippen molar-refractivity contribution in [1.29, 1.82) is 5.26 Å². The Bertz CT molecular complexity index is 544. The van der Waals surface area contributed by atoms with Crippen LogP contribution in [0.2, 0.25) is 0 Å². The summed E-state index contributed by atoms with van der Waals surface area (Å²) in [5.41, 5.74) is 0.0412. The minimum absolute atomic E-state index is 0.0116. The van der Waals surface area contributed by atoms with Crippen LogP contribution in [0.1, 0.15) is 5.56 Å². The molecule has 0 radical (unpaired) electrons. The zero-order chi connectivity index (χ0) is 10.1. The lowest BCUT2D eigenvalue weighted by Crippen LogP contribution is -1.89. The van der Waals surface area contributed by atoms with Crippen LogP contribution in [0.25, 0.3) is 10.8 Å². The summed E-state index contributed by atoms with van der Waals surface area (Å²) < 4.78 is 26.4. The summed E-state index contributed by atoms with van der Waals surface area (Å²) in [5.74, 6) is -1.19. The Morgan fingerprint density at radius 3 is 2.57 bits per heavy atom. The van der Waals surface area contributed by atoms with Crippen molar-refractivity contribution in [3.05, 3.63) is 41.7 Å². The van der Waals surface area contributed by atoms with Crippen LogP contribution in [0.4, 0.5) is 8.78 Å². The number of nitriles is 1. The van der Waals surface area contributed by atoms with Crippen molar-refractivity contribution in [1.82, 2.24) is 4.98 Å². The van der Waals surface area contributed by atoms with E-state index in [1.165, 1.54) is 12.4 Å². The molecule has 4 heteroatoms. The lowest BCUT2D eigenvalue weighted by molar-refractivity contribution is 0.617. The van der Waals surface area contributed by atoms with E-state index in [1.54, 1.807) is 6.07 Å². The van der Waals surface area contributed by atoms with Crippen molar-refractivity contribution in [2.45, 2.75) is 0 Å². The normalized spacial score (nSPS) is 10.1. The number of halogens is 2. The second-order valence-electron chi connectivity index (χ2n) is 2.75. The highest BCUT2D eigenvalue weighted by Crippen LogP contribution is 2.22. The average molecular weight is 190 g/mol. The van der Waals surface area contributed by atoms with Gasteiger partial charge in [-0.2, -0.15) is 5.26 Å². The van der Waals surface area contributed by atoms with Crippen molar-refractivity contribution in [2.75, 3.05) is 0 Å². The highest BCUT2D eigenvalue weighted by molar-refractivity contribution is 5.87. The Morgan fingerprint density at radius 1 is 1.14 bits per heavy atom. The number of nitrogens with zero attached hydrogens (tertiary/aromatic N) is 2. The molecule has 1 aromatic carbocycles. The predicted octanol–water partition coefficient (Wildman–Crippen LogP) is 2.38. The molecule has 0 spiro atoms. The quantitative estimate of drug-likeness (QED) is 0.639. The first kappa shape index (κ1) is 8.57. The minimum atomic E-state index is -0.611. The number of aromatic nitrogens is 1. The largest absolute Gasteiger partial charge is 0.263 e. The van der Waals surface area contributed by atoms with Gasteiger partial charge in [0.2, 0.25) is 0 Å². The minimum Gasteiger partial charge on any atom is -0.263 e. The van der Waals surface area contributed by atoms with Crippen LogP contribution in [-0.4, -0.2) is 4.98 Å². The lowest BCUT2D eigenvalue weighted by atomic mass is 10.1. The first-order valence-electron chi connectivity index (χ1n) is 3.86. The Hall–Kier alpha value is -2.02. The first-order chi connectivity index (χ1) is 6.74. The molecular weight excluding hydrogens is 186 g/mol. The summed E-state index contributed by atoms with van der Waals surface area (Å²) in [6.45, 7) is 0. The number of rotatable bonds is 0. The fourth-order valence-corrected chi connectivity index (χ4v) is 1.30. The Morgan fingerprint density at radius 2 is 1.86 bits per heavy atom. The number of hydrogen-bond donors (Lipinski definition) is 0. The molecule has 0 bridgehead atoms. The van der Waals surface area contributed by atoms with E-state index < -0.39 is 11.6 Å². The molecule has 0 aliphatic carbocycles. The SMILES string of the molecule is N#Cc1cncc2c(F)ccc(F)c12. The van der Waals surface area contributed by atoms with E-state index in [0.717, 1.165) is 12.1 Å². The summed E-state index contributed by atoms with van der Waals surface area (Å²) in [4.78, 5) is 3.66. The molecule has 0 unspecified atom stereocenters. The monoisotopic (exact) mass is 190 g/mol. The third-order valence-electron chi connectivity index (χ3n) is 1.94. The van der Waals surface area contributed by atoms with Gasteiger partial charge in [-0.1, -0.05) is 0 Å². The van der Waals surface area contributed by atoms with Crippen LogP contribution < -0.4 is 0 Å². The van der Waals surface area contributed by atoms with E-state index in [0.29, 0.717) is 0 Å².